The third-order valence-corrected chi connectivity index (χ3v) is 7.47. The van der Waals surface area contributed by atoms with Crippen LogP contribution in [0.25, 0.3) is 0 Å². The van der Waals surface area contributed by atoms with Gasteiger partial charge in [-0.1, -0.05) is 48.0 Å². The van der Waals surface area contributed by atoms with Crippen molar-refractivity contribution < 1.29 is 22.4 Å². The van der Waals surface area contributed by atoms with Crippen LogP contribution >= 0.6 is 0 Å². The third-order valence-electron chi connectivity index (χ3n) is 5.68. The number of amides is 2. The van der Waals surface area contributed by atoms with Gasteiger partial charge >= 0.3 is 0 Å². The van der Waals surface area contributed by atoms with E-state index in [0.29, 0.717) is 6.54 Å². The van der Waals surface area contributed by atoms with Crippen LogP contribution in [0, 0.1) is 12.7 Å². The van der Waals surface area contributed by atoms with Crippen molar-refractivity contribution >= 4 is 27.5 Å². The van der Waals surface area contributed by atoms with Gasteiger partial charge in [0.2, 0.25) is 11.8 Å². The molecule has 0 aliphatic carbocycles. The maximum atomic E-state index is 13.7. The Kier molecular flexibility index (Phi) is 8.82. The first-order chi connectivity index (χ1) is 17.1. The third kappa shape index (κ3) is 6.48. The molecule has 0 saturated heterocycles. The fourth-order valence-corrected chi connectivity index (χ4v) is 5.20. The number of carbonyl (C=O) groups is 2. The number of nitrogens with one attached hydrogen (secondary N) is 1. The molecule has 0 saturated carbocycles. The quantitative estimate of drug-likeness (QED) is 0.448. The number of rotatable bonds is 10. The van der Waals surface area contributed by atoms with Crippen LogP contribution in [0.2, 0.25) is 0 Å². The lowest BCUT2D eigenvalue weighted by molar-refractivity contribution is -0.139. The van der Waals surface area contributed by atoms with E-state index in [1.165, 1.54) is 29.2 Å². The Hall–Kier alpha value is -3.72. The van der Waals surface area contributed by atoms with Crippen LogP contribution in [0.4, 0.5) is 10.1 Å². The molecule has 0 heterocycles. The van der Waals surface area contributed by atoms with E-state index in [2.05, 4.69) is 5.32 Å². The first-order valence-electron chi connectivity index (χ1n) is 11.6. The Labute approximate surface area is 211 Å². The van der Waals surface area contributed by atoms with Gasteiger partial charge in [-0.15, -0.1) is 0 Å². The van der Waals surface area contributed by atoms with Crippen LogP contribution in [0.1, 0.15) is 25.0 Å². The number of aryl methyl sites for hydroxylation is 1. The van der Waals surface area contributed by atoms with Gasteiger partial charge in [0.15, 0.2) is 0 Å². The molecular weight excluding hydrogens is 481 g/mol. The van der Waals surface area contributed by atoms with Gasteiger partial charge in [0.25, 0.3) is 10.0 Å². The first kappa shape index (κ1) is 26.9. The molecule has 3 aromatic rings. The predicted molar refractivity (Wildman–Crippen MR) is 137 cm³/mol. The number of carbonyl (C=O) groups excluding carboxylic acids is 2. The van der Waals surface area contributed by atoms with Gasteiger partial charge in [0.1, 0.15) is 18.4 Å². The number of hydrogen-bond acceptors (Lipinski definition) is 4. The van der Waals surface area contributed by atoms with Crippen molar-refractivity contribution in [3.63, 3.8) is 0 Å². The minimum absolute atomic E-state index is 0.0101. The standard InChI is InChI=1S/C27H30FN3O4S/c1-4-29-27(33)21(3)30(18-22-10-8-9-20(2)17-22)26(32)19-31(24-15-13-23(28)14-16-24)36(34,35)25-11-6-5-7-12-25/h5-17,21H,4,18-19H2,1-3H3,(H,29,33)/t21-/m0/s1. The minimum Gasteiger partial charge on any atom is -0.355 e. The molecular formula is C27H30FN3O4S. The Bertz CT molecular complexity index is 1300. The Morgan fingerprint density at radius 2 is 1.64 bits per heavy atom. The highest BCUT2D eigenvalue weighted by Gasteiger charge is 2.32. The molecule has 2 amide bonds. The summed E-state index contributed by atoms with van der Waals surface area (Å²) in [6, 6.07) is 19.3. The lowest BCUT2D eigenvalue weighted by atomic mass is 10.1. The second-order valence-electron chi connectivity index (χ2n) is 8.38. The topological polar surface area (TPSA) is 86.8 Å². The Morgan fingerprint density at radius 3 is 2.25 bits per heavy atom. The van der Waals surface area contributed by atoms with Gasteiger partial charge in [0.05, 0.1) is 10.6 Å². The van der Waals surface area contributed by atoms with E-state index in [1.807, 2.05) is 31.2 Å². The molecule has 1 atom stereocenters. The molecule has 1 N–H and O–H groups in total. The average molecular weight is 512 g/mol. The molecule has 3 aromatic carbocycles. The van der Waals surface area contributed by atoms with Crippen LogP contribution in [0.15, 0.2) is 83.8 Å². The smallest absolute Gasteiger partial charge is 0.264 e. The normalized spacial score (nSPS) is 12.0. The fraction of sp³-hybridized carbons (Fsp3) is 0.259. The number of benzene rings is 3. The van der Waals surface area contributed by atoms with E-state index in [0.717, 1.165) is 27.6 Å². The van der Waals surface area contributed by atoms with E-state index < -0.39 is 34.3 Å². The van der Waals surface area contributed by atoms with E-state index in [-0.39, 0.29) is 23.0 Å². The van der Waals surface area contributed by atoms with Crippen LogP contribution in [0.5, 0.6) is 0 Å². The zero-order valence-electron chi connectivity index (χ0n) is 20.5. The second-order valence-corrected chi connectivity index (χ2v) is 10.2. The number of hydrogen-bond donors (Lipinski definition) is 1. The summed E-state index contributed by atoms with van der Waals surface area (Å²) in [5, 5.41) is 2.72. The molecule has 3 rings (SSSR count). The summed E-state index contributed by atoms with van der Waals surface area (Å²) in [7, 11) is -4.17. The van der Waals surface area contributed by atoms with Gasteiger partial charge in [-0.2, -0.15) is 0 Å². The molecule has 0 aromatic heterocycles. The molecule has 0 unspecified atom stereocenters. The molecule has 0 radical (unpaired) electrons. The molecule has 0 bridgehead atoms. The summed E-state index contributed by atoms with van der Waals surface area (Å²) in [6.45, 7) is 5.23. The van der Waals surface area contributed by atoms with E-state index >= 15 is 0 Å². The SMILES string of the molecule is CCNC(=O)[C@H](C)N(Cc1cccc(C)c1)C(=O)CN(c1ccc(F)cc1)S(=O)(=O)c1ccccc1. The zero-order valence-corrected chi connectivity index (χ0v) is 21.3. The van der Waals surface area contributed by atoms with Crippen molar-refractivity contribution in [1.29, 1.82) is 0 Å². The largest absolute Gasteiger partial charge is 0.355 e. The van der Waals surface area contributed by atoms with Crippen molar-refractivity contribution in [3.05, 3.63) is 95.8 Å². The summed E-state index contributed by atoms with van der Waals surface area (Å²) >= 11 is 0. The van der Waals surface area contributed by atoms with Gasteiger partial charge in [-0.25, -0.2) is 12.8 Å². The highest BCUT2D eigenvalue weighted by molar-refractivity contribution is 7.92. The van der Waals surface area contributed by atoms with Crippen molar-refractivity contribution in [2.45, 2.75) is 38.3 Å². The number of halogens is 1. The van der Waals surface area contributed by atoms with E-state index in [1.54, 1.807) is 32.0 Å². The molecule has 36 heavy (non-hydrogen) atoms. The van der Waals surface area contributed by atoms with Crippen LogP contribution in [0.3, 0.4) is 0 Å². The van der Waals surface area contributed by atoms with Crippen molar-refractivity contribution in [2.75, 3.05) is 17.4 Å². The summed E-state index contributed by atoms with van der Waals surface area (Å²) in [6.07, 6.45) is 0. The molecule has 0 spiro atoms. The number of anilines is 1. The number of nitrogens with zero attached hydrogens (tertiary/aromatic N) is 2. The zero-order chi connectivity index (χ0) is 26.3. The Balaban J connectivity index is 2.01. The summed E-state index contributed by atoms with van der Waals surface area (Å²) < 4.78 is 41.7. The average Bonchev–Trinajstić information content (AvgIpc) is 2.86. The maximum absolute atomic E-state index is 13.7. The maximum Gasteiger partial charge on any atom is 0.264 e. The molecule has 0 aliphatic heterocycles. The molecule has 7 nitrogen and oxygen atoms in total. The van der Waals surface area contributed by atoms with Crippen molar-refractivity contribution in [3.8, 4) is 0 Å². The molecule has 190 valence electrons. The van der Waals surface area contributed by atoms with Crippen molar-refractivity contribution in [1.82, 2.24) is 10.2 Å². The van der Waals surface area contributed by atoms with Crippen LogP contribution in [-0.4, -0.2) is 44.3 Å². The van der Waals surface area contributed by atoms with Gasteiger partial charge in [-0.05, 0) is 62.7 Å². The molecule has 0 aliphatic rings. The van der Waals surface area contributed by atoms with E-state index in [4.69, 9.17) is 0 Å². The molecule has 0 fully saturated rings. The monoisotopic (exact) mass is 511 g/mol. The summed E-state index contributed by atoms with van der Waals surface area (Å²) in [5.41, 5.74) is 1.93. The van der Waals surface area contributed by atoms with Gasteiger partial charge < -0.3 is 10.2 Å². The highest BCUT2D eigenvalue weighted by atomic mass is 32.2. The highest BCUT2D eigenvalue weighted by Crippen LogP contribution is 2.25. The Morgan fingerprint density at radius 1 is 0.972 bits per heavy atom. The van der Waals surface area contributed by atoms with Gasteiger partial charge in [0, 0.05) is 13.1 Å². The van der Waals surface area contributed by atoms with Crippen LogP contribution < -0.4 is 9.62 Å². The number of likely N-dealkylation sites (N-methyl/N-ethyl adjacent to an activating group) is 1. The summed E-state index contributed by atoms with van der Waals surface area (Å²) in [4.78, 5) is 27.7. The van der Waals surface area contributed by atoms with Gasteiger partial charge in [-0.3, -0.25) is 13.9 Å². The summed E-state index contributed by atoms with van der Waals surface area (Å²) in [5.74, 6) is -1.45. The fourth-order valence-electron chi connectivity index (χ4n) is 3.77. The second kappa shape index (κ2) is 11.8. The molecule has 9 heteroatoms. The van der Waals surface area contributed by atoms with Crippen LogP contribution in [-0.2, 0) is 26.2 Å². The van der Waals surface area contributed by atoms with Crippen molar-refractivity contribution in [2.24, 2.45) is 0 Å². The van der Waals surface area contributed by atoms with E-state index in [9.17, 15) is 22.4 Å². The predicted octanol–water partition coefficient (Wildman–Crippen LogP) is 3.88. The lowest BCUT2D eigenvalue weighted by Crippen LogP contribution is -2.51. The number of sulfonamides is 1. The lowest BCUT2D eigenvalue weighted by Gasteiger charge is -2.32. The first-order valence-corrected chi connectivity index (χ1v) is 13.0. The minimum atomic E-state index is -4.17.